The topological polar surface area (TPSA) is 47.9 Å². The molecule has 0 radical (unpaired) electrons. The Bertz CT molecular complexity index is 470. The monoisotopic (exact) mass is 264 g/mol. The highest BCUT2D eigenvalue weighted by Crippen LogP contribution is 2.53. The van der Waals surface area contributed by atoms with E-state index in [4.69, 9.17) is 14.2 Å². The lowest BCUT2D eigenvalue weighted by molar-refractivity contribution is -0.242. The van der Waals surface area contributed by atoms with Crippen LogP contribution in [0.5, 0.6) is 5.75 Å². The van der Waals surface area contributed by atoms with Crippen molar-refractivity contribution in [3.05, 3.63) is 29.3 Å². The Morgan fingerprint density at radius 2 is 1.89 bits per heavy atom. The van der Waals surface area contributed by atoms with Crippen LogP contribution in [0.4, 0.5) is 0 Å². The molecule has 0 aliphatic carbocycles. The smallest absolute Gasteiger partial charge is 0.122 e. The largest absolute Gasteiger partial charge is 0.496 e. The van der Waals surface area contributed by atoms with Gasteiger partial charge in [-0.2, -0.15) is 0 Å². The van der Waals surface area contributed by atoms with Gasteiger partial charge in [0.05, 0.1) is 51.0 Å². The number of hydrogen-bond donors (Lipinski definition) is 1. The molecule has 4 heteroatoms. The summed E-state index contributed by atoms with van der Waals surface area (Å²) in [6.45, 7) is 4.61. The standard InChI is InChI=1S/C15H20O4/c1-11-3-4-13(17-2)12(5-11)15(9-19-10-15)14(6-16)7-18-8-14/h3-5,16H,6-10H2,1-2H3. The van der Waals surface area contributed by atoms with Gasteiger partial charge in [-0.25, -0.2) is 0 Å². The van der Waals surface area contributed by atoms with Gasteiger partial charge in [-0.05, 0) is 13.0 Å². The van der Waals surface area contributed by atoms with Crippen LogP contribution < -0.4 is 4.74 Å². The van der Waals surface area contributed by atoms with Crippen LogP contribution in [0, 0.1) is 12.3 Å². The summed E-state index contributed by atoms with van der Waals surface area (Å²) in [6, 6.07) is 6.19. The zero-order valence-electron chi connectivity index (χ0n) is 11.4. The van der Waals surface area contributed by atoms with Gasteiger partial charge < -0.3 is 19.3 Å². The molecule has 0 amide bonds. The Morgan fingerprint density at radius 3 is 2.32 bits per heavy atom. The molecule has 1 aromatic carbocycles. The number of ether oxygens (including phenoxy) is 3. The van der Waals surface area contributed by atoms with Gasteiger partial charge in [-0.15, -0.1) is 0 Å². The molecule has 3 rings (SSSR count). The molecule has 2 aliphatic rings. The van der Waals surface area contributed by atoms with E-state index in [9.17, 15) is 5.11 Å². The number of aryl methyl sites for hydroxylation is 1. The highest BCUT2D eigenvalue weighted by Gasteiger charge is 2.61. The zero-order valence-corrected chi connectivity index (χ0v) is 11.4. The number of aliphatic hydroxyl groups excluding tert-OH is 1. The summed E-state index contributed by atoms with van der Waals surface area (Å²) in [5.41, 5.74) is 1.91. The van der Waals surface area contributed by atoms with Gasteiger partial charge in [0.25, 0.3) is 0 Å². The summed E-state index contributed by atoms with van der Waals surface area (Å²) in [5, 5.41) is 9.86. The lowest BCUT2D eigenvalue weighted by Crippen LogP contribution is -2.68. The van der Waals surface area contributed by atoms with Crippen molar-refractivity contribution in [1.29, 1.82) is 0 Å². The fraction of sp³-hybridized carbons (Fsp3) is 0.600. The van der Waals surface area contributed by atoms with Crippen LogP contribution in [0.2, 0.25) is 0 Å². The molecular formula is C15H20O4. The Morgan fingerprint density at radius 1 is 1.21 bits per heavy atom. The fourth-order valence-electron chi connectivity index (χ4n) is 3.12. The molecule has 4 nitrogen and oxygen atoms in total. The molecule has 2 aliphatic heterocycles. The quantitative estimate of drug-likeness (QED) is 0.890. The molecule has 1 N–H and O–H groups in total. The van der Waals surface area contributed by atoms with Crippen LogP contribution in [0.3, 0.4) is 0 Å². The molecule has 0 aromatic heterocycles. The van der Waals surface area contributed by atoms with E-state index in [2.05, 4.69) is 13.0 Å². The molecular weight excluding hydrogens is 244 g/mol. The van der Waals surface area contributed by atoms with Crippen molar-refractivity contribution in [2.75, 3.05) is 40.1 Å². The lowest BCUT2D eigenvalue weighted by atomic mass is 9.57. The lowest BCUT2D eigenvalue weighted by Gasteiger charge is -2.58. The minimum absolute atomic E-state index is 0.119. The average Bonchev–Trinajstić information content (AvgIpc) is 2.31. The summed E-state index contributed by atoms with van der Waals surface area (Å²) in [7, 11) is 1.68. The van der Waals surface area contributed by atoms with Gasteiger partial charge in [0, 0.05) is 5.56 Å². The molecule has 0 spiro atoms. The number of benzene rings is 1. The van der Waals surface area contributed by atoms with Gasteiger partial charge in [0.2, 0.25) is 0 Å². The average molecular weight is 264 g/mol. The second-order valence-electron chi connectivity index (χ2n) is 5.71. The van der Waals surface area contributed by atoms with E-state index in [1.54, 1.807) is 7.11 Å². The van der Waals surface area contributed by atoms with Crippen molar-refractivity contribution < 1.29 is 19.3 Å². The molecule has 0 unspecified atom stereocenters. The summed E-state index contributed by atoms with van der Waals surface area (Å²) < 4.78 is 16.4. The Labute approximate surface area is 113 Å². The third-order valence-corrected chi connectivity index (χ3v) is 4.64. The van der Waals surface area contributed by atoms with Gasteiger partial charge in [-0.1, -0.05) is 17.7 Å². The van der Waals surface area contributed by atoms with E-state index >= 15 is 0 Å². The highest BCUT2D eigenvalue weighted by atomic mass is 16.5. The van der Waals surface area contributed by atoms with Crippen LogP contribution in [-0.2, 0) is 14.9 Å². The number of methoxy groups -OCH3 is 1. The maximum atomic E-state index is 9.86. The first-order chi connectivity index (χ1) is 9.17. The second kappa shape index (κ2) is 4.47. The molecule has 2 fully saturated rings. The number of rotatable bonds is 4. The minimum atomic E-state index is -0.230. The summed E-state index contributed by atoms with van der Waals surface area (Å²) in [6.07, 6.45) is 0. The summed E-state index contributed by atoms with van der Waals surface area (Å²) >= 11 is 0. The van der Waals surface area contributed by atoms with Crippen LogP contribution in [-0.4, -0.2) is 45.3 Å². The minimum Gasteiger partial charge on any atom is -0.496 e. The third kappa shape index (κ3) is 1.64. The molecule has 0 saturated carbocycles. The van der Waals surface area contributed by atoms with E-state index in [0.29, 0.717) is 26.4 Å². The SMILES string of the molecule is COc1ccc(C)cc1C1(C2(CO)COC2)COC1. The van der Waals surface area contributed by atoms with Crippen LogP contribution in [0.25, 0.3) is 0 Å². The molecule has 0 atom stereocenters. The maximum Gasteiger partial charge on any atom is 0.122 e. The predicted molar refractivity (Wildman–Crippen MR) is 70.6 cm³/mol. The molecule has 2 heterocycles. The van der Waals surface area contributed by atoms with Gasteiger partial charge in [0.1, 0.15) is 5.75 Å². The van der Waals surface area contributed by atoms with Crippen molar-refractivity contribution in [1.82, 2.24) is 0 Å². The van der Waals surface area contributed by atoms with Gasteiger partial charge >= 0.3 is 0 Å². The first-order valence-electron chi connectivity index (χ1n) is 6.59. The third-order valence-electron chi connectivity index (χ3n) is 4.64. The zero-order chi connectivity index (χ0) is 13.5. The van der Waals surface area contributed by atoms with Crippen molar-refractivity contribution in [2.24, 2.45) is 5.41 Å². The van der Waals surface area contributed by atoms with E-state index in [1.807, 2.05) is 12.1 Å². The Hall–Kier alpha value is -1.10. The van der Waals surface area contributed by atoms with E-state index in [-0.39, 0.29) is 17.4 Å². The van der Waals surface area contributed by atoms with E-state index in [0.717, 1.165) is 11.3 Å². The summed E-state index contributed by atoms with van der Waals surface area (Å²) in [5.74, 6) is 0.869. The number of hydrogen-bond acceptors (Lipinski definition) is 4. The fourth-order valence-corrected chi connectivity index (χ4v) is 3.12. The molecule has 104 valence electrons. The molecule has 2 saturated heterocycles. The van der Waals surface area contributed by atoms with Crippen molar-refractivity contribution in [3.8, 4) is 5.75 Å². The van der Waals surface area contributed by atoms with E-state index in [1.165, 1.54) is 5.56 Å². The first-order valence-corrected chi connectivity index (χ1v) is 6.59. The van der Waals surface area contributed by atoms with Crippen LogP contribution >= 0.6 is 0 Å². The maximum absolute atomic E-state index is 9.86. The van der Waals surface area contributed by atoms with Crippen molar-refractivity contribution in [2.45, 2.75) is 12.3 Å². The Kier molecular flexibility index (Phi) is 3.04. The Balaban J connectivity index is 2.09. The predicted octanol–water partition coefficient (Wildman–Crippen LogP) is 1.28. The molecule has 19 heavy (non-hydrogen) atoms. The molecule has 0 bridgehead atoms. The van der Waals surface area contributed by atoms with Crippen LogP contribution in [0.1, 0.15) is 11.1 Å². The van der Waals surface area contributed by atoms with E-state index < -0.39 is 0 Å². The van der Waals surface area contributed by atoms with Gasteiger partial charge in [0.15, 0.2) is 0 Å². The number of aliphatic hydroxyl groups is 1. The van der Waals surface area contributed by atoms with Crippen molar-refractivity contribution in [3.63, 3.8) is 0 Å². The normalized spacial score (nSPS) is 23.3. The molecule has 1 aromatic rings. The van der Waals surface area contributed by atoms with Gasteiger partial charge in [-0.3, -0.25) is 0 Å². The summed E-state index contributed by atoms with van der Waals surface area (Å²) in [4.78, 5) is 0. The second-order valence-corrected chi connectivity index (χ2v) is 5.71. The highest BCUT2D eigenvalue weighted by molar-refractivity contribution is 5.46. The first kappa shape index (κ1) is 12.9. The van der Waals surface area contributed by atoms with Crippen LogP contribution in [0.15, 0.2) is 18.2 Å². The van der Waals surface area contributed by atoms with Crippen molar-refractivity contribution >= 4 is 0 Å².